The van der Waals surface area contributed by atoms with Crippen molar-refractivity contribution < 1.29 is 30.4 Å². The van der Waals surface area contributed by atoms with E-state index in [1.165, 1.54) is 0 Å². The van der Waals surface area contributed by atoms with Crippen molar-refractivity contribution in [3.05, 3.63) is 0 Å². The van der Waals surface area contributed by atoms with Crippen LogP contribution in [-0.2, 0) is 27.9 Å². The van der Waals surface area contributed by atoms with E-state index in [2.05, 4.69) is 4.18 Å². The molecule has 0 saturated heterocycles. The molecule has 0 aromatic heterocycles. The number of hydrogen-bond acceptors (Lipinski definition) is 6. The van der Waals surface area contributed by atoms with E-state index in [4.69, 9.17) is 17.8 Å². The molecule has 0 radical (unpaired) electrons. The molecule has 0 fully saturated rings. The summed E-state index contributed by atoms with van der Waals surface area (Å²) in [5.41, 5.74) is 0. The molecule has 0 aromatic rings. The maximum atomic E-state index is 9.33. The predicted octanol–water partition coefficient (Wildman–Crippen LogP) is -0.922. The molecule has 0 rings (SSSR count). The van der Waals surface area contributed by atoms with E-state index in [-0.39, 0.29) is 0 Å². The van der Waals surface area contributed by atoms with Crippen LogP contribution < -0.4 is 0 Å². The first-order valence-electron chi connectivity index (χ1n) is 3.02. The van der Waals surface area contributed by atoms with Crippen LogP contribution >= 0.6 is 0 Å². The van der Waals surface area contributed by atoms with Gasteiger partial charge in [-0.2, -0.15) is 8.42 Å². The molecule has 0 amide bonds. The first kappa shape index (κ1) is 15.4. The molecule has 0 aliphatic heterocycles. The smallest absolute Gasteiger partial charge is 0.379 e. The Morgan fingerprint density at radius 3 is 1.23 bits per heavy atom. The molecule has 0 heterocycles. The van der Waals surface area contributed by atoms with Gasteiger partial charge in [-0.1, -0.05) is 0 Å². The second-order valence-corrected chi connectivity index (χ2v) is 4.77. The molecular formula is C4H14O7SSi. The lowest BCUT2D eigenvalue weighted by molar-refractivity contribution is 0.163. The summed E-state index contributed by atoms with van der Waals surface area (Å²) in [4.78, 5) is 0. The van der Waals surface area contributed by atoms with E-state index in [9.17, 15) is 8.42 Å². The third-order valence-corrected chi connectivity index (χ3v) is 2.36. The summed E-state index contributed by atoms with van der Waals surface area (Å²) >= 11 is 0. The van der Waals surface area contributed by atoms with E-state index in [0.29, 0.717) is 0 Å². The largest absolute Gasteiger partial charge is 0.483 e. The normalized spacial score (nSPS) is 10.9. The van der Waals surface area contributed by atoms with Crippen LogP contribution in [0.25, 0.3) is 0 Å². The average molecular weight is 234 g/mol. The van der Waals surface area contributed by atoms with Gasteiger partial charge in [0.2, 0.25) is 0 Å². The Morgan fingerprint density at radius 2 is 1.23 bits per heavy atom. The van der Waals surface area contributed by atoms with Crippen LogP contribution in [0.1, 0.15) is 0 Å². The highest BCUT2D eigenvalue weighted by Crippen LogP contribution is 1.81. The van der Waals surface area contributed by atoms with E-state index in [0.717, 1.165) is 7.11 Å². The fourth-order valence-electron chi connectivity index (χ4n) is 0.289. The molecule has 0 spiro atoms. The molecule has 0 unspecified atom stereocenters. The van der Waals surface area contributed by atoms with Gasteiger partial charge in [-0.05, 0) is 0 Å². The van der Waals surface area contributed by atoms with E-state index in [1.807, 2.05) is 0 Å². The van der Waals surface area contributed by atoms with Gasteiger partial charge in [0.1, 0.15) is 0 Å². The summed E-state index contributed by atoms with van der Waals surface area (Å²) in [7, 11) is -0.243. The summed E-state index contributed by atoms with van der Waals surface area (Å²) < 4.78 is 43.9. The third-order valence-electron chi connectivity index (χ3n) is 0.788. The zero-order chi connectivity index (χ0) is 10.9. The molecule has 0 saturated carbocycles. The Balaban J connectivity index is 0. The first-order chi connectivity index (χ1) is 5.91. The second-order valence-electron chi connectivity index (χ2n) is 1.59. The quantitative estimate of drug-likeness (QED) is 0.496. The van der Waals surface area contributed by atoms with Crippen LogP contribution in [0.15, 0.2) is 0 Å². The van der Waals surface area contributed by atoms with Gasteiger partial charge in [0.15, 0.2) is 0 Å². The van der Waals surface area contributed by atoms with Crippen LogP contribution in [0, 0.1) is 0 Å². The highest BCUT2D eigenvalue weighted by Gasteiger charge is 2.04. The van der Waals surface area contributed by atoms with Crippen molar-refractivity contribution in [1.29, 1.82) is 0 Å². The molecule has 0 atom stereocenters. The number of rotatable bonds is 4. The maximum Gasteiger partial charge on any atom is 0.483 e. The fourth-order valence-corrected chi connectivity index (χ4v) is 0.866. The molecule has 82 valence electrons. The zero-order valence-electron chi connectivity index (χ0n) is 7.88. The minimum atomic E-state index is -4.16. The van der Waals surface area contributed by atoms with Crippen molar-refractivity contribution in [1.82, 2.24) is 0 Å². The van der Waals surface area contributed by atoms with Gasteiger partial charge >= 0.3 is 19.9 Å². The lowest BCUT2D eigenvalue weighted by Gasteiger charge is -2.05. The van der Waals surface area contributed by atoms with Gasteiger partial charge in [-0.15, -0.1) is 0 Å². The van der Waals surface area contributed by atoms with Crippen molar-refractivity contribution >= 4 is 19.9 Å². The van der Waals surface area contributed by atoms with Crippen LogP contribution in [0.3, 0.4) is 0 Å². The van der Waals surface area contributed by atoms with E-state index in [1.54, 1.807) is 21.3 Å². The summed E-state index contributed by atoms with van der Waals surface area (Å²) in [5.74, 6) is 0. The summed E-state index contributed by atoms with van der Waals surface area (Å²) in [6, 6.07) is 0. The molecule has 1 N–H and O–H groups in total. The molecule has 13 heavy (non-hydrogen) atoms. The lowest BCUT2D eigenvalue weighted by Crippen LogP contribution is -2.21. The van der Waals surface area contributed by atoms with Gasteiger partial charge in [-0.25, -0.2) is 0 Å². The lowest BCUT2D eigenvalue weighted by atomic mass is 11.8. The van der Waals surface area contributed by atoms with Gasteiger partial charge in [0, 0.05) is 21.3 Å². The van der Waals surface area contributed by atoms with Crippen molar-refractivity contribution in [3.63, 3.8) is 0 Å². The predicted molar refractivity (Wildman–Crippen MR) is 46.7 cm³/mol. The Hall–Kier alpha value is -0.0331. The molecule has 0 aliphatic rings. The molecule has 0 bridgehead atoms. The molecular weight excluding hydrogens is 220 g/mol. The van der Waals surface area contributed by atoms with E-state index >= 15 is 0 Å². The second kappa shape index (κ2) is 8.56. The number of hydrogen-bond donors (Lipinski definition) is 1. The van der Waals surface area contributed by atoms with Crippen molar-refractivity contribution in [2.24, 2.45) is 0 Å². The van der Waals surface area contributed by atoms with Crippen molar-refractivity contribution in [3.8, 4) is 0 Å². The minimum Gasteiger partial charge on any atom is -0.379 e. The summed E-state index contributed by atoms with van der Waals surface area (Å²) in [6.45, 7) is 0. The third kappa shape index (κ3) is 14.8. The maximum absolute atomic E-state index is 9.33. The van der Waals surface area contributed by atoms with Crippen LogP contribution in [0.2, 0.25) is 0 Å². The van der Waals surface area contributed by atoms with Crippen molar-refractivity contribution in [2.75, 3.05) is 28.4 Å². The fraction of sp³-hybridized carbons (Fsp3) is 1.00. The molecule has 0 aliphatic carbocycles. The van der Waals surface area contributed by atoms with Crippen LogP contribution in [0.4, 0.5) is 0 Å². The van der Waals surface area contributed by atoms with Gasteiger partial charge in [0.25, 0.3) is 0 Å². The topological polar surface area (TPSA) is 91.3 Å². The highest BCUT2D eigenvalue weighted by molar-refractivity contribution is 7.80. The summed E-state index contributed by atoms with van der Waals surface area (Å²) in [5, 5.41) is 0. The van der Waals surface area contributed by atoms with E-state index < -0.39 is 19.9 Å². The Morgan fingerprint density at radius 1 is 1.00 bits per heavy atom. The standard InChI is InChI=1S/C3H10O3Si.CH4O4S/c1-4-7(5-2)6-3;1-5-6(2,3)4/h7H,1-3H3;1H3,(H,2,3,4). The minimum absolute atomic E-state index is 0.870. The Kier molecular flexibility index (Phi) is 10.2. The Labute approximate surface area is 79.5 Å². The summed E-state index contributed by atoms with van der Waals surface area (Å²) in [6.07, 6.45) is 0. The molecule has 0 aromatic carbocycles. The molecule has 9 heteroatoms. The SMILES string of the molecule is COS(=O)(=O)O.CO[SiH](OC)OC. The monoisotopic (exact) mass is 234 g/mol. The molecule has 7 nitrogen and oxygen atoms in total. The Bertz CT molecular complexity index is 181. The van der Waals surface area contributed by atoms with Gasteiger partial charge in [-0.3, -0.25) is 8.74 Å². The van der Waals surface area contributed by atoms with Crippen LogP contribution in [0.5, 0.6) is 0 Å². The van der Waals surface area contributed by atoms with Gasteiger partial charge < -0.3 is 13.3 Å². The zero-order valence-corrected chi connectivity index (χ0v) is 9.85. The first-order valence-corrected chi connectivity index (χ1v) is 5.80. The highest BCUT2D eigenvalue weighted by atomic mass is 32.3. The average Bonchev–Trinajstić information content (AvgIpc) is 2.07. The van der Waals surface area contributed by atoms with Gasteiger partial charge in [0.05, 0.1) is 7.11 Å². The van der Waals surface area contributed by atoms with Crippen molar-refractivity contribution in [2.45, 2.75) is 0 Å². The van der Waals surface area contributed by atoms with Crippen LogP contribution in [-0.4, -0.2) is 50.9 Å².